The molecule has 120 valence electrons. The van der Waals surface area contributed by atoms with Gasteiger partial charge in [0.1, 0.15) is 0 Å². The van der Waals surface area contributed by atoms with Gasteiger partial charge in [-0.2, -0.15) is 0 Å². The van der Waals surface area contributed by atoms with Crippen LogP contribution in [0.1, 0.15) is 36.5 Å². The number of rotatable bonds is 3. The molecular weight excluding hydrogens is 294 g/mol. The van der Waals surface area contributed by atoms with Gasteiger partial charge in [-0.3, -0.25) is 14.5 Å². The van der Waals surface area contributed by atoms with Crippen LogP contribution < -0.4 is 4.90 Å². The van der Waals surface area contributed by atoms with E-state index in [-0.39, 0.29) is 30.3 Å². The van der Waals surface area contributed by atoms with Crippen LogP contribution in [-0.2, 0) is 14.3 Å². The maximum absolute atomic E-state index is 12.8. The number of carbonyl (C=O) groups excluding carboxylic acids is 3. The van der Waals surface area contributed by atoms with Gasteiger partial charge in [0.2, 0.25) is 11.8 Å². The summed E-state index contributed by atoms with van der Waals surface area (Å²) in [7, 11) is 0. The predicted octanol–water partition coefficient (Wildman–Crippen LogP) is 2.40. The highest BCUT2D eigenvalue weighted by molar-refractivity contribution is 6.22. The van der Waals surface area contributed by atoms with E-state index in [2.05, 4.69) is 0 Å². The fourth-order valence-corrected chi connectivity index (χ4v) is 4.65. The zero-order valence-corrected chi connectivity index (χ0v) is 13.0. The third-order valence-electron chi connectivity index (χ3n) is 5.54. The number of ether oxygens (including phenoxy) is 1. The van der Waals surface area contributed by atoms with E-state index in [4.69, 9.17) is 4.74 Å². The highest BCUT2D eigenvalue weighted by Crippen LogP contribution is 2.56. The monoisotopic (exact) mass is 313 g/mol. The van der Waals surface area contributed by atoms with Crippen molar-refractivity contribution in [3.63, 3.8) is 0 Å². The molecule has 1 aliphatic heterocycles. The Morgan fingerprint density at radius 1 is 1.17 bits per heavy atom. The smallest absolute Gasteiger partial charge is 0.338 e. The van der Waals surface area contributed by atoms with Crippen molar-refractivity contribution in [2.24, 2.45) is 23.7 Å². The molecule has 2 aliphatic carbocycles. The average Bonchev–Trinajstić information content (AvgIpc) is 3.22. The number of nitrogens with zero attached hydrogens (tertiary/aromatic N) is 1. The third kappa shape index (κ3) is 2.02. The molecule has 0 N–H and O–H groups in total. The predicted molar refractivity (Wildman–Crippen MR) is 82.7 cm³/mol. The lowest BCUT2D eigenvalue weighted by Gasteiger charge is -2.19. The normalized spacial score (nSPS) is 31.6. The van der Waals surface area contributed by atoms with E-state index in [0.717, 1.165) is 19.3 Å². The zero-order valence-electron chi connectivity index (χ0n) is 13.0. The van der Waals surface area contributed by atoms with Gasteiger partial charge in [-0.25, -0.2) is 4.79 Å². The average molecular weight is 313 g/mol. The summed E-state index contributed by atoms with van der Waals surface area (Å²) in [5.41, 5.74) is 0.851. The fraction of sp³-hybridized carbons (Fsp3) is 0.500. The van der Waals surface area contributed by atoms with E-state index < -0.39 is 5.97 Å². The van der Waals surface area contributed by atoms with Crippen LogP contribution in [0, 0.1) is 23.7 Å². The highest BCUT2D eigenvalue weighted by Gasteiger charge is 2.61. The lowest BCUT2D eigenvalue weighted by Crippen LogP contribution is -2.32. The summed E-state index contributed by atoms with van der Waals surface area (Å²) < 4.78 is 4.99. The van der Waals surface area contributed by atoms with Gasteiger partial charge in [-0.1, -0.05) is 6.07 Å². The molecule has 2 bridgehead atoms. The maximum Gasteiger partial charge on any atom is 0.338 e. The molecule has 0 aromatic heterocycles. The number of fused-ring (bicyclic) bond motifs is 5. The minimum atomic E-state index is -0.436. The zero-order chi connectivity index (χ0) is 16.1. The summed E-state index contributed by atoms with van der Waals surface area (Å²) >= 11 is 0. The van der Waals surface area contributed by atoms with Crippen LogP contribution in [0.5, 0.6) is 0 Å². The lowest BCUT2D eigenvalue weighted by molar-refractivity contribution is -0.123. The largest absolute Gasteiger partial charge is 0.462 e. The topological polar surface area (TPSA) is 63.7 Å². The van der Waals surface area contributed by atoms with E-state index in [1.165, 1.54) is 4.90 Å². The van der Waals surface area contributed by atoms with Crippen LogP contribution in [0.2, 0.25) is 0 Å². The van der Waals surface area contributed by atoms with Crippen LogP contribution in [0.15, 0.2) is 24.3 Å². The van der Waals surface area contributed by atoms with Crippen LogP contribution in [0.3, 0.4) is 0 Å². The summed E-state index contributed by atoms with van der Waals surface area (Å²) in [5.74, 6) is -0.186. The van der Waals surface area contributed by atoms with Crippen LogP contribution in [-0.4, -0.2) is 24.4 Å². The minimum Gasteiger partial charge on any atom is -0.462 e. The molecule has 3 aliphatic rings. The number of hydrogen-bond donors (Lipinski definition) is 0. The van der Waals surface area contributed by atoms with Crippen LogP contribution >= 0.6 is 0 Å². The van der Waals surface area contributed by atoms with E-state index in [9.17, 15) is 14.4 Å². The number of anilines is 1. The van der Waals surface area contributed by atoms with Crippen molar-refractivity contribution < 1.29 is 19.1 Å². The third-order valence-corrected chi connectivity index (χ3v) is 5.54. The fourth-order valence-electron chi connectivity index (χ4n) is 4.65. The molecule has 2 amide bonds. The summed E-state index contributed by atoms with van der Waals surface area (Å²) in [6.07, 6.45) is 3.13. The molecule has 5 heteroatoms. The number of benzene rings is 1. The van der Waals surface area contributed by atoms with Gasteiger partial charge in [0, 0.05) is 0 Å². The molecule has 0 radical (unpaired) electrons. The van der Waals surface area contributed by atoms with Crippen molar-refractivity contribution in [2.75, 3.05) is 11.5 Å². The van der Waals surface area contributed by atoms with Crippen LogP contribution in [0.25, 0.3) is 0 Å². The van der Waals surface area contributed by atoms with E-state index in [1.54, 1.807) is 31.2 Å². The molecule has 1 aromatic carbocycles. The van der Waals surface area contributed by atoms with Gasteiger partial charge >= 0.3 is 5.97 Å². The lowest BCUT2D eigenvalue weighted by atomic mass is 9.81. The Morgan fingerprint density at radius 2 is 1.83 bits per heavy atom. The molecule has 4 rings (SSSR count). The van der Waals surface area contributed by atoms with E-state index >= 15 is 0 Å². The molecule has 2 saturated carbocycles. The molecule has 23 heavy (non-hydrogen) atoms. The van der Waals surface area contributed by atoms with Gasteiger partial charge in [0.25, 0.3) is 0 Å². The second-order valence-corrected chi connectivity index (χ2v) is 6.67. The summed E-state index contributed by atoms with van der Waals surface area (Å²) in [6, 6.07) is 6.61. The molecule has 1 saturated heterocycles. The van der Waals surface area contributed by atoms with Gasteiger partial charge in [-0.15, -0.1) is 0 Å². The molecular formula is C18H19NO4. The number of amides is 2. The Bertz CT molecular complexity index is 670. The second kappa shape index (κ2) is 5.18. The number of esters is 1. The first-order valence-electron chi connectivity index (χ1n) is 8.26. The number of carbonyl (C=O) groups is 3. The quantitative estimate of drug-likeness (QED) is 0.635. The van der Waals surface area contributed by atoms with Crippen molar-refractivity contribution in [1.82, 2.24) is 0 Å². The Kier molecular flexibility index (Phi) is 3.25. The first-order chi connectivity index (χ1) is 11.1. The highest BCUT2D eigenvalue weighted by atomic mass is 16.5. The molecule has 5 nitrogen and oxygen atoms in total. The summed E-state index contributed by atoms with van der Waals surface area (Å²) in [4.78, 5) is 38.7. The van der Waals surface area contributed by atoms with Gasteiger partial charge in [0.15, 0.2) is 0 Å². The summed E-state index contributed by atoms with van der Waals surface area (Å²) in [5, 5.41) is 0. The molecule has 4 atom stereocenters. The van der Waals surface area contributed by atoms with Crippen molar-refractivity contribution in [3.05, 3.63) is 29.8 Å². The molecule has 1 aromatic rings. The maximum atomic E-state index is 12.8. The Labute approximate surface area is 134 Å². The molecule has 0 spiro atoms. The Balaban J connectivity index is 1.66. The van der Waals surface area contributed by atoms with Crippen molar-refractivity contribution in [3.8, 4) is 0 Å². The second-order valence-electron chi connectivity index (χ2n) is 6.67. The van der Waals surface area contributed by atoms with Gasteiger partial charge < -0.3 is 4.74 Å². The van der Waals surface area contributed by atoms with Crippen molar-refractivity contribution in [2.45, 2.75) is 26.2 Å². The number of hydrogen-bond acceptors (Lipinski definition) is 4. The van der Waals surface area contributed by atoms with Crippen molar-refractivity contribution >= 4 is 23.5 Å². The van der Waals surface area contributed by atoms with Gasteiger partial charge in [0.05, 0.1) is 29.7 Å². The molecule has 1 heterocycles. The van der Waals surface area contributed by atoms with Crippen molar-refractivity contribution in [1.29, 1.82) is 0 Å². The van der Waals surface area contributed by atoms with E-state index in [1.807, 2.05) is 0 Å². The standard InChI is InChI=1S/C18H19NO4/c1-2-23-18(22)12-4-3-5-13(9-12)19-16(20)14-10-6-7-11(8-10)15(14)17(19)21/h3-5,9-11,14-15H,2,6-8H2,1H3/t10-,11-,14-,15-/m0/s1. The first-order valence-corrected chi connectivity index (χ1v) is 8.26. The minimum absolute atomic E-state index is 0.0896. The molecule has 0 unspecified atom stereocenters. The Morgan fingerprint density at radius 3 is 2.43 bits per heavy atom. The first kappa shape index (κ1) is 14.4. The van der Waals surface area contributed by atoms with Crippen LogP contribution in [0.4, 0.5) is 5.69 Å². The van der Waals surface area contributed by atoms with E-state index in [0.29, 0.717) is 23.1 Å². The molecule has 3 fully saturated rings. The summed E-state index contributed by atoms with van der Waals surface area (Å²) in [6.45, 7) is 2.03. The number of imide groups is 1. The Hall–Kier alpha value is -2.17. The SMILES string of the molecule is CCOC(=O)c1cccc(N2C(=O)[C@H]3[C@H]4CC[C@@H](C4)[C@@H]3C2=O)c1. The van der Waals surface area contributed by atoms with Gasteiger partial charge in [-0.05, 0) is 56.2 Å².